The van der Waals surface area contributed by atoms with Gasteiger partial charge in [-0.2, -0.15) is 4.98 Å². The van der Waals surface area contributed by atoms with Crippen LogP contribution in [0.25, 0.3) is 0 Å². The lowest BCUT2D eigenvalue weighted by Crippen LogP contribution is -2.30. The van der Waals surface area contributed by atoms with Gasteiger partial charge in [0, 0.05) is 0 Å². The average Bonchev–Trinajstić information content (AvgIpc) is 3.16. The topological polar surface area (TPSA) is 88.3 Å². The number of fused-ring (bicyclic) bond motifs is 1. The van der Waals surface area contributed by atoms with E-state index in [1.807, 2.05) is 0 Å². The van der Waals surface area contributed by atoms with E-state index >= 15 is 0 Å². The number of rotatable bonds is 3. The molecule has 0 aliphatic carbocycles. The Morgan fingerprint density at radius 1 is 1.17 bits per heavy atom. The molecule has 1 aromatic carbocycles. The van der Waals surface area contributed by atoms with Crippen LogP contribution >= 0.6 is 0 Å². The Morgan fingerprint density at radius 2 is 1.91 bits per heavy atom. The summed E-state index contributed by atoms with van der Waals surface area (Å²) in [6.45, 7) is 0.962. The van der Waals surface area contributed by atoms with Gasteiger partial charge in [-0.05, 0) is 31.5 Å². The normalized spacial score (nSPS) is 20.9. The maximum Gasteiger partial charge on any atom is 0.261 e. The molecule has 7 nitrogen and oxygen atoms in total. The molecule has 4 rings (SSSR count). The fourth-order valence-corrected chi connectivity index (χ4v) is 3.06. The van der Waals surface area contributed by atoms with Crippen molar-refractivity contribution in [3.63, 3.8) is 0 Å². The summed E-state index contributed by atoms with van der Waals surface area (Å²) in [6.07, 6.45) is 3.22. The minimum atomic E-state index is -0.312. The quantitative estimate of drug-likeness (QED) is 0.868. The smallest absolute Gasteiger partial charge is 0.261 e. The van der Waals surface area contributed by atoms with E-state index in [2.05, 4.69) is 15.5 Å². The van der Waals surface area contributed by atoms with Crippen LogP contribution in [-0.2, 0) is 6.54 Å². The average molecular weight is 312 g/mol. The second-order valence-corrected chi connectivity index (χ2v) is 5.79. The molecule has 0 spiro atoms. The molecule has 1 atom stereocenters. The molecule has 118 valence electrons. The summed E-state index contributed by atoms with van der Waals surface area (Å²) in [5, 5.41) is 7.24. The zero-order chi connectivity index (χ0) is 15.8. The third-order valence-electron chi connectivity index (χ3n) is 4.27. The lowest BCUT2D eigenvalue weighted by molar-refractivity contribution is 0.0637. The molecule has 1 N–H and O–H groups in total. The van der Waals surface area contributed by atoms with Gasteiger partial charge in [0.25, 0.3) is 11.8 Å². The van der Waals surface area contributed by atoms with Crippen molar-refractivity contribution in [3.8, 4) is 0 Å². The summed E-state index contributed by atoms with van der Waals surface area (Å²) in [6, 6.07) is 6.86. The van der Waals surface area contributed by atoms with Crippen molar-refractivity contribution in [2.75, 3.05) is 6.54 Å². The van der Waals surface area contributed by atoms with Gasteiger partial charge in [0.05, 0.1) is 23.7 Å². The molecule has 0 bridgehead atoms. The highest BCUT2D eigenvalue weighted by molar-refractivity contribution is 6.21. The van der Waals surface area contributed by atoms with Crippen LogP contribution in [0.1, 0.15) is 57.7 Å². The summed E-state index contributed by atoms with van der Waals surface area (Å²) in [5.74, 6) is 0.249. The highest BCUT2D eigenvalue weighted by atomic mass is 16.5. The fraction of sp³-hybridized carbons (Fsp3) is 0.375. The first kappa shape index (κ1) is 14.1. The van der Waals surface area contributed by atoms with Crippen molar-refractivity contribution in [1.82, 2.24) is 20.4 Å². The lowest BCUT2D eigenvalue weighted by atomic mass is 10.1. The largest absolute Gasteiger partial charge is 0.338 e. The Labute approximate surface area is 132 Å². The van der Waals surface area contributed by atoms with Crippen molar-refractivity contribution in [1.29, 1.82) is 0 Å². The standard InChI is InChI=1S/C16H16N4O3/c21-15-10-5-1-2-6-11(10)16(22)20(15)9-13-18-14(23-19-13)12-7-3-4-8-17-12/h1-2,5-6,12,17H,3-4,7-9H2. The van der Waals surface area contributed by atoms with E-state index in [9.17, 15) is 9.59 Å². The number of hydrogen-bond acceptors (Lipinski definition) is 6. The first-order chi connectivity index (χ1) is 11.2. The molecule has 2 aliphatic heterocycles. The number of benzene rings is 1. The number of carbonyl (C=O) groups excluding carboxylic acids is 2. The van der Waals surface area contributed by atoms with Crippen LogP contribution in [0.4, 0.5) is 0 Å². The summed E-state index contributed by atoms with van der Waals surface area (Å²) in [4.78, 5) is 30.2. The summed E-state index contributed by atoms with van der Waals surface area (Å²) < 4.78 is 5.29. The number of carbonyl (C=O) groups is 2. The van der Waals surface area contributed by atoms with E-state index in [1.54, 1.807) is 24.3 Å². The van der Waals surface area contributed by atoms with Crippen molar-refractivity contribution >= 4 is 11.8 Å². The van der Waals surface area contributed by atoms with Gasteiger partial charge in [0.2, 0.25) is 5.89 Å². The molecule has 2 amide bonds. The highest BCUT2D eigenvalue weighted by Crippen LogP contribution is 2.25. The molecule has 7 heteroatoms. The molecule has 3 heterocycles. The first-order valence-corrected chi connectivity index (χ1v) is 7.75. The van der Waals surface area contributed by atoms with Crippen LogP contribution in [-0.4, -0.2) is 33.4 Å². The number of piperidine rings is 1. The number of imide groups is 1. The summed E-state index contributed by atoms with van der Waals surface area (Å²) in [7, 11) is 0. The van der Waals surface area contributed by atoms with Crippen molar-refractivity contribution in [2.24, 2.45) is 0 Å². The Morgan fingerprint density at radius 3 is 2.57 bits per heavy atom. The second kappa shape index (κ2) is 5.58. The van der Waals surface area contributed by atoms with Gasteiger partial charge >= 0.3 is 0 Å². The molecular weight excluding hydrogens is 296 g/mol. The predicted molar refractivity (Wildman–Crippen MR) is 79.5 cm³/mol. The molecule has 0 radical (unpaired) electrons. The SMILES string of the molecule is O=C1c2ccccc2C(=O)N1Cc1noc(C2CCCCN2)n1. The lowest BCUT2D eigenvalue weighted by Gasteiger charge is -2.19. The molecule has 23 heavy (non-hydrogen) atoms. The van der Waals surface area contributed by atoms with Crippen molar-refractivity contribution in [2.45, 2.75) is 31.8 Å². The fourth-order valence-electron chi connectivity index (χ4n) is 3.06. The molecule has 2 aliphatic rings. The van der Waals surface area contributed by atoms with Crippen LogP contribution in [0.3, 0.4) is 0 Å². The zero-order valence-corrected chi connectivity index (χ0v) is 12.5. The molecule has 1 saturated heterocycles. The van der Waals surface area contributed by atoms with Crippen molar-refractivity contribution in [3.05, 3.63) is 47.1 Å². The van der Waals surface area contributed by atoms with Crippen molar-refractivity contribution < 1.29 is 14.1 Å². The van der Waals surface area contributed by atoms with Crippen LogP contribution in [0.2, 0.25) is 0 Å². The minimum Gasteiger partial charge on any atom is -0.338 e. The highest BCUT2D eigenvalue weighted by Gasteiger charge is 2.36. The second-order valence-electron chi connectivity index (χ2n) is 5.79. The molecule has 1 unspecified atom stereocenters. The third kappa shape index (κ3) is 2.43. The van der Waals surface area contributed by atoms with Gasteiger partial charge in [-0.15, -0.1) is 0 Å². The van der Waals surface area contributed by atoms with Gasteiger partial charge in [-0.3, -0.25) is 14.5 Å². The van der Waals surface area contributed by atoms with Crippen LogP contribution < -0.4 is 5.32 Å². The zero-order valence-electron chi connectivity index (χ0n) is 12.5. The maximum absolute atomic E-state index is 12.3. The Balaban J connectivity index is 1.52. The number of aromatic nitrogens is 2. The number of hydrogen-bond donors (Lipinski definition) is 1. The third-order valence-corrected chi connectivity index (χ3v) is 4.27. The Hall–Kier alpha value is -2.54. The van der Waals surface area contributed by atoms with Gasteiger partial charge < -0.3 is 9.84 Å². The predicted octanol–water partition coefficient (Wildman–Crippen LogP) is 1.68. The van der Waals surface area contributed by atoms with E-state index in [0.717, 1.165) is 30.7 Å². The van der Waals surface area contributed by atoms with E-state index in [-0.39, 0.29) is 24.4 Å². The van der Waals surface area contributed by atoms with Crippen LogP contribution in [0, 0.1) is 0 Å². The maximum atomic E-state index is 12.3. The summed E-state index contributed by atoms with van der Waals surface area (Å²) in [5.41, 5.74) is 0.852. The van der Waals surface area contributed by atoms with E-state index in [0.29, 0.717) is 22.8 Å². The molecule has 1 fully saturated rings. The first-order valence-electron chi connectivity index (χ1n) is 7.75. The van der Waals surface area contributed by atoms with Crippen LogP contribution in [0.15, 0.2) is 28.8 Å². The Bertz CT molecular complexity index is 729. The van der Waals surface area contributed by atoms with Gasteiger partial charge in [-0.1, -0.05) is 23.7 Å². The number of nitrogens with zero attached hydrogens (tertiary/aromatic N) is 3. The molecule has 1 aromatic heterocycles. The molecule has 0 saturated carbocycles. The van der Waals surface area contributed by atoms with Gasteiger partial charge in [0.1, 0.15) is 0 Å². The Kier molecular flexibility index (Phi) is 3.42. The molecular formula is C16H16N4O3. The monoisotopic (exact) mass is 312 g/mol. The van der Waals surface area contributed by atoms with E-state index < -0.39 is 0 Å². The number of amides is 2. The molecule has 2 aromatic rings. The van der Waals surface area contributed by atoms with Crippen LogP contribution in [0.5, 0.6) is 0 Å². The summed E-state index contributed by atoms with van der Waals surface area (Å²) >= 11 is 0. The van der Waals surface area contributed by atoms with Gasteiger partial charge in [0.15, 0.2) is 5.82 Å². The van der Waals surface area contributed by atoms with E-state index in [1.165, 1.54) is 0 Å². The van der Waals surface area contributed by atoms with E-state index in [4.69, 9.17) is 4.52 Å². The van der Waals surface area contributed by atoms with Gasteiger partial charge in [-0.25, -0.2) is 0 Å². The number of nitrogens with one attached hydrogen (secondary N) is 1. The minimum absolute atomic E-state index is 0.0303.